The van der Waals surface area contributed by atoms with E-state index in [-0.39, 0.29) is 37.5 Å². The van der Waals surface area contributed by atoms with Crippen LogP contribution in [0, 0.1) is 13.8 Å². The standard InChI is InChI=1S/C24H32N4O5/c1-17-3-5-19(6-4-17)7-9-21(29)25-11-14-33-22(30)10-8-20-18(2)26-24(27-23(20)31)28-12-15-32-16-13-28/h3-6H,7-16H2,1-2H3,(H,25,29)(H,26,27,31). The van der Waals surface area contributed by atoms with Gasteiger partial charge in [-0.2, -0.15) is 0 Å². The van der Waals surface area contributed by atoms with Gasteiger partial charge in [-0.25, -0.2) is 4.98 Å². The summed E-state index contributed by atoms with van der Waals surface area (Å²) in [5.74, 6) is 0.0328. The minimum Gasteiger partial charge on any atom is -0.464 e. The highest BCUT2D eigenvalue weighted by Crippen LogP contribution is 2.11. The third kappa shape index (κ3) is 7.71. The van der Waals surface area contributed by atoms with Crippen molar-refractivity contribution in [2.24, 2.45) is 0 Å². The van der Waals surface area contributed by atoms with Gasteiger partial charge in [0.25, 0.3) is 5.56 Å². The zero-order chi connectivity index (χ0) is 23.6. The fraction of sp³-hybridized carbons (Fsp3) is 0.500. The largest absolute Gasteiger partial charge is 0.464 e. The summed E-state index contributed by atoms with van der Waals surface area (Å²) in [5.41, 5.74) is 3.14. The zero-order valence-corrected chi connectivity index (χ0v) is 19.3. The van der Waals surface area contributed by atoms with Crippen LogP contribution >= 0.6 is 0 Å². The van der Waals surface area contributed by atoms with E-state index in [9.17, 15) is 14.4 Å². The van der Waals surface area contributed by atoms with Crippen molar-refractivity contribution in [3.05, 3.63) is 57.0 Å². The molecule has 0 saturated carbocycles. The Kier molecular flexibility index (Phi) is 9.00. The first kappa shape index (κ1) is 24.4. The van der Waals surface area contributed by atoms with Gasteiger partial charge in [0, 0.05) is 37.2 Å². The van der Waals surface area contributed by atoms with Crippen LogP contribution in [0.1, 0.15) is 35.2 Å². The van der Waals surface area contributed by atoms with Gasteiger partial charge in [0.1, 0.15) is 6.61 Å². The maximum absolute atomic E-state index is 12.5. The van der Waals surface area contributed by atoms with Crippen LogP contribution in [0.3, 0.4) is 0 Å². The van der Waals surface area contributed by atoms with Crippen LogP contribution in [0.5, 0.6) is 0 Å². The Morgan fingerprint density at radius 1 is 1.12 bits per heavy atom. The molecular weight excluding hydrogens is 424 g/mol. The molecule has 0 spiro atoms. The zero-order valence-electron chi connectivity index (χ0n) is 19.3. The number of hydrogen-bond donors (Lipinski definition) is 2. The van der Waals surface area contributed by atoms with Gasteiger partial charge in [-0.3, -0.25) is 19.4 Å². The fourth-order valence-corrected chi connectivity index (χ4v) is 3.57. The molecule has 1 saturated heterocycles. The lowest BCUT2D eigenvalue weighted by molar-refractivity contribution is -0.143. The van der Waals surface area contributed by atoms with Crippen molar-refractivity contribution >= 4 is 17.8 Å². The van der Waals surface area contributed by atoms with E-state index in [4.69, 9.17) is 9.47 Å². The number of H-pyrrole nitrogens is 1. The van der Waals surface area contributed by atoms with E-state index < -0.39 is 5.97 Å². The van der Waals surface area contributed by atoms with E-state index in [0.717, 1.165) is 5.56 Å². The lowest BCUT2D eigenvalue weighted by Gasteiger charge is -2.27. The lowest BCUT2D eigenvalue weighted by Crippen LogP contribution is -2.38. The van der Waals surface area contributed by atoms with E-state index >= 15 is 0 Å². The van der Waals surface area contributed by atoms with E-state index in [2.05, 4.69) is 15.3 Å². The number of aromatic nitrogens is 2. The summed E-state index contributed by atoms with van der Waals surface area (Å²) < 4.78 is 10.5. The molecule has 1 aliphatic rings. The number of hydrogen-bond acceptors (Lipinski definition) is 7. The summed E-state index contributed by atoms with van der Waals surface area (Å²) in [6.45, 7) is 6.70. The Hall–Kier alpha value is -3.20. The predicted octanol–water partition coefficient (Wildman–Crippen LogP) is 1.45. The quantitative estimate of drug-likeness (QED) is 0.411. The van der Waals surface area contributed by atoms with Crippen molar-refractivity contribution in [1.82, 2.24) is 15.3 Å². The molecule has 0 aliphatic carbocycles. The normalized spacial score (nSPS) is 13.6. The number of amides is 1. The number of benzene rings is 1. The molecule has 2 N–H and O–H groups in total. The number of nitrogens with one attached hydrogen (secondary N) is 2. The lowest BCUT2D eigenvalue weighted by atomic mass is 10.1. The highest BCUT2D eigenvalue weighted by atomic mass is 16.5. The van der Waals surface area contributed by atoms with Gasteiger partial charge in [0.2, 0.25) is 11.9 Å². The van der Waals surface area contributed by atoms with Crippen LogP contribution in [0.4, 0.5) is 5.95 Å². The number of aryl methyl sites for hydroxylation is 3. The third-order valence-corrected chi connectivity index (χ3v) is 5.55. The minimum atomic E-state index is -0.417. The molecule has 2 heterocycles. The highest BCUT2D eigenvalue weighted by Gasteiger charge is 2.17. The second-order valence-electron chi connectivity index (χ2n) is 8.11. The van der Waals surface area contributed by atoms with Gasteiger partial charge in [-0.05, 0) is 32.3 Å². The molecule has 1 aliphatic heterocycles. The monoisotopic (exact) mass is 456 g/mol. The van der Waals surface area contributed by atoms with Gasteiger partial charge in [-0.15, -0.1) is 0 Å². The van der Waals surface area contributed by atoms with Gasteiger partial charge in [-0.1, -0.05) is 29.8 Å². The summed E-state index contributed by atoms with van der Waals surface area (Å²) in [6.07, 6.45) is 1.37. The SMILES string of the molecule is Cc1ccc(CCC(=O)NCCOC(=O)CCc2c(C)nc(N3CCOCC3)[nH]c2=O)cc1. The fourth-order valence-electron chi connectivity index (χ4n) is 3.57. The molecule has 9 heteroatoms. The summed E-state index contributed by atoms with van der Waals surface area (Å²) >= 11 is 0. The first-order chi connectivity index (χ1) is 15.9. The van der Waals surface area contributed by atoms with Crippen LogP contribution in [-0.4, -0.2) is 61.3 Å². The molecule has 1 amide bonds. The van der Waals surface area contributed by atoms with Gasteiger partial charge >= 0.3 is 5.97 Å². The van der Waals surface area contributed by atoms with E-state index in [1.54, 1.807) is 6.92 Å². The van der Waals surface area contributed by atoms with E-state index in [1.807, 2.05) is 36.1 Å². The Bertz CT molecular complexity index is 997. The van der Waals surface area contributed by atoms with Crippen LogP contribution in [0.15, 0.2) is 29.1 Å². The van der Waals surface area contributed by atoms with Gasteiger partial charge in [0.15, 0.2) is 0 Å². The molecule has 2 aromatic rings. The Morgan fingerprint density at radius 2 is 1.85 bits per heavy atom. The number of nitrogens with zero attached hydrogens (tertiary/aromatic N) is 2. The van der Waals surface area contributed by atoms with Crippen molar-refractivity contribution in [2.75, 3.05) is 44.4 Å². The van der Waals surface area contributed by atoms with Crippen molar-refractivity contribution < 1.29 is 19.1 Å². The van der Waals surface area contributed by atoms with Crippen molar-refractivity contribution in [2.45, 2.75) is 39.5 Å². The molecule has 0 atom stereocenters. The molecule has 3 rings (SSSR count). The summed E-state index contributed by atoms with van der Waals surface area (Å²) in [6, 6.07) is 8.08. The first-order valence-electron chi connectivity index (χ1n) is 11.3. The molecular formula is C24H32N4O5. The Morgan fingerprint density at radius 3 is 2.55 bits per heavy atom. The average molecular weight is 457 g/mol. The Balaban J connectivity index is 1.35. The van der Waals surface area contributed by atoms with E-state index in [1.165, 1.54) is 5.56 Å². The van der Waals surface area contributed by atoms with Crippen molar-refractivity contribution in [1.29, 1.82) is 0 Å². The molecule has 1 aromatic heterocycles. The van der Waals surface area contributed by atoms with Crippen LogP contribution in [0.25, 0.3) is 0 Å². The topological polar surface area (TPSA) is 114 Å². The van der Waals surface area contributed by atoms with Crippen molar-refractivity contribution in [3.63, 3.8) is 0 Å². The summed E-state index contributed by atoms with van der Waals surface area (Å²) in [4.78, 5) is 45.7. The van der Waals surface area contributed by atoms with Gasteiger partial charge < -0.3 is 19.7 Å². The summed E-state index contributed by atoms with van der Waals surface area (Å²) in [5, 5.41) is 2.75. The number of anilines is 1. The summed E-state index contributed by atoms with van der Waals surface area (Å²) in [7, 11) is 0. The van der Waals surface area contributed by atoms with Crippen LogP contribution in [-0.2, 0) is 31.9 Å². The number of carbonyl (C=O) groups excluding carboxylic acids is 2. The molecule has 0 unspecified atom stereocenters. The molecule has 0 radical (unpaired) electrons. The second-order valence-corrected chi connectivity index (χ2v) is 8.11. The first-order valence-corrected chi connectivity index (χ1v) is 11.3. The number of esters is 1. The second kappa shape index (κ2) is 12.2. The molecule has 33 heavy (non-hydrogen) atoms. The van der Waals surface area contributed by atoms with E-state index in [0.29, 0.717) is 56.4 Å². The molecule has 0 bridgehead atoms. The number of carbonyl (C=O) groups is 2. The van der Waals surface area contributed by atoms with Crippen LogP contribution in [0.2, 0.25) is 0 Å². The molecule has 9 nitrogen and oxygen atoms in total. The predicted molar refractivity (Wildman–Crippen MR) is 124 cm³/mol. The maximum Gasteiger partial charge on any atom is 0.306 e. The van der Waals surface area contributed by atoms with Gasteiger partial charge in [0.05, 0.1) is 19.8 Å². The minimum absolute atomic E-state index is 0.0733. The molecule has 178 valence electrons. The van der Waals surface area contributed by atoms with Crippen molar-refractivity contribution in [3.8, 4) is 0 Å². The Labute approximate surface area is 193 Å². The maximum atomic E-state index is 12.5. The highest BCUT2D eigenvalue weighted by molar-refractivity contribution is 5.76. The smallest absolute Gasteiger partial charge is 0.306 e. The number of morpholine rings is 1. The molecule has 1 fully saturated rings. The number of rotatable bonds is 10. The van der Waals surface area contributed by atoms with Crippen LogP contribution < -0.4 is 15.8 Å². The third-order valence-electron chi connectivity index (χ3n) is 5.55. The molecule has 1 aromatic carbocycles. The number of aromatic amines is 1. The average Bonchev–Trinajstić information content (AvgIpc) is 2.81. The number of ether oxygens (including phenoxy) is 2.